The van der Waals surface area contributed by atoms with Gasteiger partial charge in [0.2, 0.25) is 0 Å². The summed E-state index contributed by atoms with van der Waals surface area (Å²) in [4.78, 5) is 0. The van der Waals surface area contributed by atoms with Crippen LogP contribution in [-0.2, 0) is 0 Å². The number of benzene rings is 2. The van der Waals surface area contributed by atoms with E-state index in [0.29, 0.717) is 24.0 Å². The molecule has 0 unspecified atom stereocenters. The van der Waals surface area contributed by atoms with Gasteiger partial charge < -0.3 is 5.11 Å². The SMILES string of the molecule is Oc1ccc(-c2ccc(C3CCC(C=C(F)F)CC3)cc2F)cc1. The van der Waals surface area contributed by atoms with E-state index in [-0.39, 0.29) is 23.4 Å². The summed E-state index contributed by atoms with van der Waals surface area (Å²) in [6.45, 7) is 0. The van der Waals surface area contributed by atoms with Crippen LogP contribution in [0.15, 0.2) is 54.6 Å². The van der Waals surface area contributed by atoms with Crippen molar-refractivity contribution in [2.75, 3.05) is 0 Å². The summed E-state index contributed by atoms with van der Waals surface area (Å²) in [5, 5.41) is 9.32. The quantitative estimate of drug-likeness (QED) is 0.704. The van der Waals surface area contributed by atoms with Crippen LogP contribution in [0.1, 0.15) is 37.2 Å². The average molecular weight is 332 g/mol. The van der Waals surface area contributed by atoms with E-state index in [4.69, 9.17) is 0 Å². The van der Waals surface area contributed by atoms with Gasteiger partial charge in [-0.05, 0) is 72.9 Å². The highest BCUT2D eigenvalue weighted by Crippen LogP contribution is 2.38. The first-order valence-corrected chi connectivity index (χ1v) is 8.14. The Labute approximate surface area is 139 Å². The van der Waals surface area contributed by atoms with Gasteiger partial charge in [-0.3, -0.25) is 0 Å². The lowest BCUT2D eigenvalue weighted by Gasteiger charge is -2.27. The maximum absolute atomic E-state index is 14.5. The van der Waals surface area contributed by atoms with E-state index in [0.717, 1.165) is 24.5 Å². The molecule has 0 heterocycles. The van der Waals surface area contributed by atoms with Crippen LogP contribution in [0, 0.1) is 11.7 Å². The maximum Gasteiger partial charge on any atom is 0.266 e. The van der Waals surface area contributed by atoms with Crippen molar-refractivity contribution < 1.29 is 18.3 Å². The molecule has 0 bridgehead atoms. The van der Waals surface area contributed by atoms with Crippen molar-refractivity contribution in [3.05, 3.63) is 66.0 Å². The highest BCUT2D eigenvalue weighted by Gasteiger charge is 2.22. The smallest absolute Gasteiger partial charge is 0.266 e. The van der Waals surface area contributed by atoms with Crippen LogP contribution in [0.2, 0.25) is 0 Å². The van der Waals surface area contributed by atoms with Crippen molar-refractivity contribution in [3.63, 3.8) is 0 Å². The van der Waals surface area contributed by atoms with Gasteiger partial charge in [-0.1, -0.05) is 24.3 Å². The van der Waals surface area contributed by atoms with Gasteiger partial charge in [-0.25, -0.2) is 4.39 Å². The van der Waals surface area contributed by atoms with Gasteiger partial charge in [-0.15, -0.1) is 0 Å². The zero-order chi connectivity index (χ0) is 17.1. The molecule has 2 aromatic carbocycles. The van der Waals surface area contributed by atoms with Crippen molar-refractivity contribution in [1.82, 2.24) is 0 Å². The van der Waals surface area contributed by atoms with Gasteiger partial charge >= 0.3 is 0 Å². The second-order valence-electron chi connectivity index (χ2n) is 6.35. The molecule has 0 atom stereocenters. The molecule has 1 N–H and O–H groups in total. The summed E-state index contributed by atoms with van der Waals surface area (Å²) in [7, 11) is 0. The fraction of sp³-hybridized carbons (Fsp3) is 0.300. The Balaban J connectivity index is 1.74. The van der Waals surface area contributed by atoms with E-state index in [1.165, 1.54) is 12.1 Å². The molecule has 3 rings (SSSR count). The fourth-order valence-corrected chi connectivity index (χ4v) is 3.46. The molecule has 0 aromatic heterocycles. The summed E-state index contributed by atoms with van der Waals surface area (Å²) in [6, 6.07) is 11.6. The van der Waals surface area contributed by atoms with Crippen molar-refractivity contribution in [1.29, 1.82) is 0 Å². The molecule has 126 valence electrons. The molecule has 2 aromatic rings. The zero-order valence-corrected chi connectivity index (χ0v) is 13.2. The number of aromatic hydroxyl groups is 1. The molecule has 0 spiro atoms. The van der Waals surface area contributed by atoms with E-state index in [9.17, 15) is 18.3 Å². The van der Waals surface area contributed by atoms with Crippen molar-refractivity contribution >= 4 is 0 Å². The maximum atomic E-state index is 14.5. The normalized spacial score (nSPS) is 20.6. The van der Waals surface area contributed by atoms with Gasteiger partial charge in [0.05, 0.1) is 0 Å². The summed E-state index contributed by atoms with van der Waals surface area (Å²) in [6.07, 6.45) is 2.46. The average Bonchev–Trinajstić information content (AvgIpc) is 2.56. The third-order valence-electron chi connectivity index (χ3n) is 4.78. The van der Waals surface area contributed by atoms with Crippen molar-refractivity contribution in [2.24, 2.45) is 5.92 Å². The van der Waals surface area contributed by atoms with E-state index < -0.39 is 6.08 Å². The standard InChI is InChI=1S/C20H19F3O/c21-19-12-16(14-3-1-13(2-4-14)11-20(22)23)7-10-18(19)15-5-8-17(24)9-6-15/h5-14,24H,1-4H2. The Kier molecular flexibility index (Phi) is 4.93. The zero-order valence-electron chi connectivity index (χ0n) is 13.2. The Morgan fingerprint density at radius 2 is 1.62 bits per heavy atom. The van der Waals surface area contributed by atoms with E-state index in [2.05, 4.69) is 0 Å². The second kappa shape index (κ2) is 7.12. The Hall–Kier alpha value is -2.23. The lowest BCUT2D eigenvalue weighted by Crippen LogP contribution is -2.12. The third-order valence-corrected chi connectivity index (χ3v) is 4.78. The fourth-order valence-electron chi connectivity index (χ4n) is 3.46. The van der Waals surface area contributed by atoms with E-state index >= 15 is 0 Å². The first-order valence-electron chi connectivity index (χ1n) is 8.14. The number of hydrogen-bond acceptors (Lipinski definition) is 1. The minimum absolute atomic E-state index is 0.0626. The molecule has 0 amide bonds. The molecule has 1 saturated carbocycles. The second-order valence-corrected chi connectivity index (χ2v) is 6.35. The van der Waals surface area contributed by atoms with E-state index in [1.54, 1.807) is 24.3 Å². The molecular weight excluding hydrogens is 313 g/mol. The number of rotatable bonds is 3. The molecule has 24 heavy (non-hydrogen) atoms. The number of allylic oxidation sites excluding steroid dienone is 1. The number of phenols is 1. The lowest BCUT2D eigenvalue weighted by molar-refractivity contribution is 0.350. The first kappa shape index (κ1) is 16.6. The van der Waals surface area contributed by atoms with Crippen LogP contribution in [-0.4, -0.2) is 5.11 Å². The lowest BCUT2D eigenvalue weighted by atomic mass is 9.78. The van der Waals surface area contributed by atoms with Crippen molar-refractivity contribution in [3.8, 4) is 16.9 Å². The molecule has 0 radical (unpaired) electrons. The molecular formula is C20H19F3O. The first-order chi connectivity index (χ1) is 11.5. The predicted molar refractivity (Wildman–Crippen MR) is 88.5 cm³/mol. The Morgan fingerprint density at radius 3 is 2.21 bits per heavy atom. The molecule has 1 fully saturated rings. The largest absolute Gasteiger partial charge is 0.508 e. The van der Waals surface area contributed by atoms with Crippen LogP contribution in [0.4, 0.5) is 13.2 Å². The molecule has 1 nitrogen and oxygen atoms in total. The van der Waals surface area contributed by atoms with Gasteiger partial charge in [0.15, 0.2) is 0 Å². The summed E-state index contributed by atoms with van der Waals surface area (Å²) in [5.74, 6) is 0.00868. The molecule has 0 aliphatic heterocycles. The minimum Gasteiger partial charge on any atom is -0.508 e. The highest BCUT2D eigenvalue weighted by atomic mass is 19.3. The van der Waals surface area contributed by atoms with Gasteiger partial charge in [0.25, 0.3) is 6.08 Å². The molecule has 4 heteroatoms. The van der Waals surface area contributed by atoms with Gasteiger partial charge in [-0.2, -0.15) is 8.78 Å². The molecule has 1 aliphatic carbocycles. The summed E-state index contributed by atoms with van der Waals surface area (Å²) < 4.78 is 39.1. The van der Waals surface area contributed by atoms with Crippen LogP contribution < -0.4 is 0 Å². The van der Waals surface area contributed by atoms with Crippen LogP contribution >= 0.6 is 0 Å². The Bertz CT molecular complexity index is 725. The van der Waals surface area contributed by atoms with Crippen LogP contribution in [0.25, 0.3) is 11.1 Å². The number of phenolic OH excluding ortho intramolecular Hbond substituents is 1. The number of hydrogen-bond donors (Lipinski definition) is 1. The predicted octanol–water partition coefficient (Wildman–Crippen LogP) is 6.25. The van der Waals surface area contributed by atoms with Crippen LogP contribution in [0.3, 0.4) is 0 Å². The highest BCUT2D eigenvalue weighted by molar-refractivity contribution is 5.65. The van der Waals surface area contributed by atoms with Gasteiger partial charge in [0, 0.05) is 5.56 Å². The molecule has 1 aliphatic rings. The van der Waals surface area contributed by atoms with Gasteiger partial charge in [0.1, 0.15) is 11.6 Å². The summed E-state index contributed by atoms with van der Waals surface area (Å²) in [5.41, 5.74) is 2.14. The van der Waals surface area contributed by atoms with Crippen molar-refractivity contribution in [2.45, 2.75) is 31.6 Å². The Morgan fingerprint density at radius 1 is 0.958 bits per heavy atom. The minimum atomic E-state index is -1.61. The third kappa shape index (κ3) is 3.81. The molecule has 0 saturated heterocycles. The monoisotopic (exact) mass is 332 g/mol. The summed E-state index contributed by atoms with van der Waals surface area (Å²) >= 11 is 0. The van der Waals surface area contributed by atoms with E-state index in [1.807, 2.05) is 6.07 Å². The van der Waals surface area contributed by atoms with Crippen LogP contribution in [0.5, 0.6) is 5.75 Å². The number of halogens is 3. The topological polar surface area (TPSA) is 20.2 Å².